The summed E-state index contributed by atoms with van der Waals surface area (Å²) < 4.78 is 0. The Bertz CT molecular complexity index is 226. The van der Waals surface area contributed by atoms with Crippen LogP contribution in [-0.4, -0.2) is 0 Å². The van der Waals surface area contributed by atoms with Crippen molar-refractivity contribution in [3.05, 3.63) is 29.3 Å². The molecule has 1 aromatic carbocycles. The molecular formula is C8H13F3S. The molecule has 72 valence electrons. The summed E-state index contributed by atoms with van der Waals surface area (Å²) in [6.45, 7) is 4.15. The first kappa shape index (κ1) is 17.4. The SMILES string of the molecule is Cc1ccc(S)c(C)c1.F.F.F. The molecule has 0 aliphatic carbocycles. The third-order valence-corrected chi connectivity index (χ3v) is 1.85. The maximum atomic E-state index is 4.25. The lowest BCUT2D eigenvalue weighted by Gasteiger charge is -1.97. The minimum atomic E-state index is 0. The molecule has 0 nitrogen and oxygen atoms in total. The fourth-order valence-corrected chi connectivity index (χ4v) is 0.944. The molecule has 0 fully saturated rings. The molecule has 0 N–H and O–H groups in total. The second-order valence-corrected chi connectivity index (χ2v) is 2.77. The lowest BCUT2D eigenvalue weighted by molar-refractivity contribution is 1.11. The van der Waals surface area contributed by atoms with Gasteiger partial charge in [0.15, 0.2) is 0 Å². The predicted octanol–water partition coefficient (Wildman–Crippen LogP) is 3.05. The second-order valence-electron chi connectivity index (χ2n) is 2.29. The van der Waals surface area contributed by atoms with Gasteiger partial charge in [-0.05, 0) is 25.5 Å². The summed E-state index contributed by atoms with van der Waals surface area (Å²) in [6.07, 6.45) is 0. The molecule has 0 aliphatic heterocycles. The summed E-state index contributed by atoms with van der Waals surface area (Å²) in [4.78, 5) is 1.07. The number of thiol groups is 1. The van der Waals surface area contributed by atoms with Crippen LogP contribution < -0.4 is 0 Å². The first-order chi connectivity index (χ1) is 4.20. The Labute approximate surface area is 75.5 Å². The summed E-state index contributed by atoms with van der Waals surface area (Å²) in [7, 11) is 0. The van der Waals surface area contributed by atoms with Crippen molar-refractivity contribution in [1.29, 1.82) is 0 Å². The summed E-state index contributed by atoms with van der Waals surface area (Å²) in [5.41, 5.74) is 2.55. The fraction of sp³-hybridized carbons (Fsp3) is 0.250. The highest BCUT2D eigenvalue weighted by atomic mass is 32.1. The van der Waals surface area contributed by atoms with Crippen LogP contribution in [0.2, 0.25) is 0 Å². The Balaban J connectivity index is -0.000000270. The standard InChI is InChI=1S/C8H10S.3FH/c1-6-3-4-8(9)7(2)5-6;;;/h3-5,9H,1-2H3;3*1H. The van der Waals surface area contributed by atoms with Crippen molar-refractivity contribution in [3.63, 3.8) is 0 Å². The van der Waals surface area contributed by atoms with E-state index in [1.807, 2.05) is 6.07 Å². The van der Waals surface area contributed by atoms with Crippen molar-refractivity contribution < 1.29 is 14.1 Å². The van der Waals surface area contributed by atoms with E-state index in [9.17, 15) is 0 Å². The minimum Gasteiger partial charge on any atom is -0.269 e. The molecule has 0 aliphatic rings. The van der Waals surface area contributed by atoms with Crippen LogP contribution >= 0.6 is 12.6 Å². The van der Waals surface area contributed by atoms with Crippen LogP contribution in [0, 0.1) is 13.8 Å². The van der Waals surface area contributed by atoms with Gasteiger partial charge in [0, 0.05) is 4.90 Å². The van der Waals surface area contributed by atoms with Crippen LogP contribution in [0.1, 0.15) is 11.1 Å². The number of benzene rings is 1. The molecule has 0 saturated carbocycles. The molecule has 0 radical (unpaired) electrons. The second kappa shape index (κ2) is 7.03. The van der Waals surface area contributed by atoms with Gasteiger partial charge in [-0.2, -0.15) is 0 Å². The van der Waals surface area contributed by atoms with Crippen molar-refractivity contribution in [1.82, 2.24) is 0 Å². The van der Waals surface area contributed by atoms with Gasteiger partial charge in [-0.15, -0.1) is 12.6 Å². The van der Waals surface area contributed by atoms with Gasteiger partial charge in [0.25, 0.3) is 0 Å². The number of rotatable bonds is 0. The Morgan fingerprint density at radius 1 is 1.00 bits per heavy atom. The third kappa shape index (κ3) is 4.28. The highest BCUT2D eigenvalue weighted by Gasteiger charge is 1.89. The van der Waals surface area contributed by atoms with Crippen LogP contribution in [0.4, 0.5) is 14.1 Å². The lowest BCUT2D eigenvalue weighted by atomic mass is 10.2. The van der Waals surface area contributed by atoms with Crippen molar-refractivity contribution in [2.24, 2.45) is 0 Å². The maximum absolute atomic E-state index is 4.25. The largest absolute Gasteiger partial charge is 0.269 e. The van der Waals surface area contributed by atoms with Gasteiger partial charge in [-0.25, -0.2) is 0 Å². The summed E-state index contributed by atoms with van der Waals surface area (Å²) in [6, 6.07) is 6.21. The molecule has 0 amide bonds. The van der Waals surface area contributed by atoms with Gasteiger partial charge in [-0.3, -0.25) is 14.1 Å². The average molecular weight is 198 g/mol. The number of aryl methyl sites for hydroxylation is 2. The van der Waals surface area contributed by atoms with E-state index in [2.05, 4.69) is 38.6 Å². The Kier molecular flexibility index (Phi) is 10.2. The number of halogens is 3. The molecule has 0 heterocycles. The molecular weight excluding hydrogens is 185 g/mol. The molecule has 1 aromatic rings. The van der Waals surface area contributed by atoms with E-state index in [1.54, 1.807) is 0 Å². The normalized spacial score (nSPS) is 7.25. The molecule has 12 heavy (non-hydrogen) atoms. The Morgan fingerprint density at radius 2 is 1.50 bits per heavy atom. The predicted molar refractivity (Wildman–Crippen MR) is 50.7 cm³/mol. The monoisotopic (exact) mass is 198 g/mol. The summed E-state index contributed by atoms with van der Waals surface area (Å²) >= 11 is 4.25. The highest BCUT2D eigenvalue weighted by Crippen LogP contribution is 2.13. The van der Waals surface area contributed by atoms with E-state index in [1.165, 1.54) is 11.1 Å². The topological polar surface area (TPSA) is 0 Å². The zero-order valence-electron chi connectivity index (χ0n) is 6.90. The third-order valence-electron chi connectivity index (χ3n) is 1.35. The zero-order valence-corrected chi connectivity index (χ0v) is 7.80. The summed E-state index contributed by atoms with van der Waals surface area (Å²) in [5.74, 6) is 0. The van der Waals surface area contributed by atoms with Crippen molar-refractivity contribution in [2.45, 2.75) is 18.7 Å². The van der Waals surface area contributed by atoms with Gasteiger partial charge in [0.2, 0.25) is 0 Å². The Hall–Kier alpha value is -0.640. The highest BCUT2D eigenvalue weighted by molar-refractivity contribution is 7.80. The van der Waals surface area contributed by atoms with Crippen LogP contribution in [0.3, 0.4) is 0 Å². The van der Waals surface area contributed by atoms with Gasteiger partial charge in [0.05, 0.1) is 0 Å². The van der Waals surface area contributed by atoms with E-state index in [4.69, 9.17) is 0 Å². The fourth-order valence-electron chi connectivity index (χ4n) is 0.805. The van der Waals surface area contributed by atoms with Crippen molar-refractivity contribution in [2.75, 3.05) is 0 Å². The van der Waals surface area contributed by atoms with Crippen LogP contribution in [0.15, 0.2) is 23.1 Å². The molecule has 0 atom stereocenters. The van der Waals surface area contributed by atoms with E-state index in [0.717, 1.165) is 4.90 Å². The van der Waals surface area contributed by atoms with E-state index < -0.39 is 0 Å². The zero-order chi connectivity index (χ0) is 6.85. The number of hydrogen-bond donors (Lipinski definition) is 1. The molecule has 0 bridgehead atoms. The van der Waals surface area contributed by atoms with Gasteiger partial charge in [0.1, 0.15) is 0 Å². The molecule has 0 aromatic heterocycles. The van der Waals surface area contributed by atoms with Crippen LogP contribution in [0.25, 0.3) is 0 Å². The van der Waals surface area contributed by atoms with Gasteiger partial charge >= 0.3 is 0 Å². The van der Waals surface area contributed by atoms with E-state index >= 15 is 0 Å². The summed E-state index contributed by atoms with van der Waals surface area (Å²) in [5, 5.41) is 0. The quantitative estimate of drug-likeness (QED) is 0.608. The van der Waals surface area contributed by atoms with E-state index in [-0.39, 0.29) is 14.1 Å². The minimum absolute atomic E-state index is 0. The first-order valence-electron chi connectivity index (χ1n) is 2.96. The van der Waals surface area contributed by atoms with Crippen LogP contribution in [-0.2, 0) is 0 Å². The molecule has 0 unspecified atom stereocenters. The Morgan fingerprint density at radius 3 is 1.83 bits per heavy atom. The maximum Gasteiger partial charge on any atom is 0.00694 e. The average Bonchev–Trinajstić information content (AvgIpc) is 1.80. The molecule has 1 rings (SSSR count). The molecule has 0 saturated heterocycles. The molecule has 0 spiro atoms. The van der Waals surface area contributed by atoms with Crippen molar-refractivity contribution in [3.8, 4) is 0 Å². The van der Waals surface area contributed by atoms with Crippen molar-refractivity contribution >= 4 is 12.6 Å². The van der Waals surface area contributed by atoms with Crippen LogP contribution in [0.5, 0.6) is 0 Å². The van der Waals surface area contributed by atoms with Gasteiger partial charge in [-0.1, -0.05) is 17.7 Å². The van der Waals surface area contributed by atoms with Gasteiger partial charge < -0.3 is 0 Å². The number of hydrogen-bond acceptors (Lipinski definition) is 1. The van der Waals surface area contributed by atoms with E-state index in [0.29, 0.717) is 0 Å². The first-order valence-corrected chi connectivity index (χ1v) is 3.41. The smallest absolute Gasteiger partial charge is 0.00694 e. The lowest BCUT2D eigenvalue weighted by Crippen LogP contribution is -1.76. The molecule has 4 heteroatoms.